The molecule has 2 aliphatic carbocycles. The van der Waals surface area contributed by atoms with Crippen LogP contribution in [0.4, 0.5) is 0 Å². The second-order valence-electron chi connectivity index (χ2n) is 8.43. The summed E-state index contributed by atoms with van der Waals surface area (Å²) in [7, 11) is 0. The van der Waals surface area contributed by atoms with Crippen LogP contribution < -0.4 is 5.32 Å². The van der Waals surface area contributed by atoms with Gasteiger partial charge in [0.05, 0.1) is 5.92 Å². The summed E-state index contributed by atoms with van der Waals surface area (Å²) in [6, 6.07) is 11.9. The summed E-state index contributed by atoms with van der Waals surface area (Å²) >= 11 is 12.2. The van der Waals surface area contributed by atoms with Gasteiger partial charge in [-0.25, -0.2) is 0 Å². The molecule has 2 aromatic carbocycles. The number of aldehydes is 1. The third-order valence-electron chi connectivity index (χ3n) is 6.41. The van der Waals surface area contributed by atoms with Crippen molar-refractivity contribution >= 4 is 35.4 Å². The SMILES string of the molecule is CC.CC.CC.CC=O.Cc1cccc2c1C(C(=O)NCc1ccc(Cl)cc1Cl)C1CC(C)CCC21. The average molecular weight is 537 g/mol. The lowest BCUT2D eigenvalue weighted by atomic mass is 9.72. The Morgan fingerprint density at radius 1 is 1.03 bits per heavy atom. The van der Waals surface area contributed by atoms with E-state index < -0.39 is 0 Å². The van der Waals surface area contributed by atoms with E-state index in [1.807, 2.05) is 53.7 Å². The fourth-order valence-electron chi connectivity index (χ4n) is 5.13. The molecule has 5 heteroatoms. The van der Waals surface area contributed by atoms with Gasteiger partial charge in [-0.15, -0.1) is 0 Å². The number of carbonyl (C=O) groups excluding carboxylic acids is 2. The molecule has 0 bridgehead atoms. The molecule has 0 aliphatic heterocycles. The van der Waals surface area contributed by atoms with Crippen molar-refractivity contribution in [2.45, 2.75) is 100.0 Å². The molecule has 0 saturated heterocycles. The molecule has 0 spiro atoms. The van der Waals surface area contributed by atoms with Crippen molar-refractivity contribution in [2.75, 3.05) is 0 Å². The maximum Gasteiger partial charge on any atom is 0.228 e. The van der Waals surface area contributed by atoms with Gasteiger partial charge in [0.15, 0.2) is 0 Å². The van der Waals surface area contributed by atoms with E-state index >= 15 is 0 Å². The van der Waals surface area contributed by atoms with Crippen LogP contribution in [0.15, 0.2) is 36.4 Å². The number of benzene rings is 2. The molecule has 0 heterocycles. The summed E-state index contributed by atoms with van der Waals surface area (Å²) in [6.45, 7) is 18.3. The van der Waals surface area contributed by atoms with Crippen molar-refractivity contribution in [1.82, 2.24) is 5.32 Å². The molecular weight excluding hydrogens is 489 g/mol. The minimum Gasteiger partial charge on any atom is -0.351 e. The molecule has 0 radical (unpaired) electrons. The van der Waals surface area contributed by atoms with Gasteiger partial charge in [-0.2, -0.15) is 0 Å². The molecule has 1 amide bonds. The fourth-order valence-corrected chi connectivity index (χ4v) is 5.60. The number of halogens is 2. The first-order valence-electron chi connectivity index (χ1n) is 13.6. The molecule has 4 unspecified atom stereocenters. The normalized spacial score (nSPS) is 20.6. The van der Waals surface area contributed by atoms with Crippen LogP contribution in [0.2, 0.25) is 10.0 Å². The zero-order chi connectivity index (χ0) is 27.8. The van der Waals surface area contributed by atoms with E-state index in [0.717, 1.165) is 18.3 Å². The van der Waals surface area contributed by atoms with Crippen molar-refractivity contribution in [1.29, 1.82) is 0 Å². The first-order chi connectivity index (χ1) is 17.4. The third kappa shape index (κ3) is 8.92. The van der Waals surface area contributed by atoms with Gasteiger partial charge >= 0.3 is 0 Å². The molecular formula is C31H47Cl2NO2. The number of rotatable bonds is 3. The maximum absolute atomic E-state index is 13.3. The number of hydrogen-bond acceptors (Lipinski definition) is 2. The Labute approximate surface area is 230 Å². The number of fused-ring (bicyclic) bond motifs is 3. The maximum atomic E-state index is 13.3. The van der Waals surface area contributed by atoms with Crippen molar-refractivity contribution in [3.05, 3.63) is 68.7 Å². The molecule has 4 atom stereocenters. The van der Waals surface area contributed by atoms with Gasteiger partial charge in [0.2, 0.25) is 5.91 Å². The van der Waals surface area contributed by atoms with Crippen LogP contribution in [0.5, 0.6) is 0 Å². The Morgan fingerprint density at radius 3 is 2.22 bits per heavy atom. The van der Waals surface area contributed by atoms with Gasteiger partial charge in [-0.05, 0) is 78.8 Å². The molecule has 0 aromatic heterocycles. The second-order valence-corrected chi connectivity index (χ2v) is 9.28. The van der Waals surface area contributed by atoms with Gasteiger partial charge in [0, 0.05) is 16.6 Å². The highest BCUT2D eigenvalue weighted by Crippen LogP contribution is 2.55. The van der Waals surface area contributed by atoms with Gasteiger partial charge in [0.25, 0.3) is 0 Å². The van der Waals surface area contributed by atoms with E-state index in [1.54, 1.807) is 6.07 Å². The summed E-state index contributed by atoms with van der Waals surface area (Å²) in [4.78, 5) is 22.1. The number of hydrogen-bond donors (Lipinski definition) is 1. The number of amides is 1. The average Bonchev–Trinajstić information content (AvgIpc) is 3.22. The van der Waals surface area contributed by atoms with Crippen molar-refractivity contribution in [3.8, 4) is 0 Å². The van der Waals surface area contributed by atoms with E-state index in [2.05, 4.69) is 37.4 Å². The summed E-state index contributed by atoms with van der Waals surface area (Å²) < 4.78 is 0. The van der Waals surface area contributed by atoms with Crippen LogP contribution in [0.1, 0.15) is 109 Å². The molecule has 202 valence electrons. The Balaban J connectivity index is 0.00000122. The molecule has 1 saturated carbocycles. The third-order valence-corrected chi connectivity index (χ3v) is 7.00. The van der Waals surface area contributed by atoms with Crippen LogP contribution in [0.3, 0.4) is 0 Å². The largest absolute Gasteiger partial charge is 0.351 e. The molecule has 4 rings (SSSR count). The van der Waals surface area contributed by atoms with Crippen molar-refractivity contribution in [2.24, 2.45) is 11.8 Å². The zero-order valence-corrected chi connectivity index (χ0v) is 25.3. The van der Waals surface area contributed by atoms with Crippen LogP contribution in [-0.4, -0.2) is 12.2 Å². The number of nitrogens with one attached hydrogen (secondary N) is 1. The van der Waals surface area contributed by atoms with Crippen LogP contribution in [-0.2, 0) is 16.1 Å². The van der Waals surface area contributed by atoms with Crippen LogP contribution >= 0.6 is 23.2 Å². The highest BCUT2D eigenvalue weighted by Gasteiger charge is 2.46. The number of aryl methyl sites for hydroxylation is 1. The monoisotopic (exact) mass is 535 g/mol. The lowest BCUT2D eigenvalue weighted by Crippen LogP contribution is -2.34. The van der Waals surface area contributed by atoms with E-state index in [4.69, 9.17) is 28.0 Å². The Hall–Kier alpha value is -1.84. The van der Waals surface area contributed by atoms with Crippen LogP contribution in [0, 0.1) is 18.8 Å². The first-order valence-corrected chi connectivity index (χ1v) is 14.3. The highest BCUT2D eigenvalue weighted by atomic mass is 35.5. The minimum absolute atomic E-state index is 0.0555. The topological polar surface area (TPSA) is 46.2 Å². The standard InChI is InChI=1S/C23H25Cl2NO.C2H4O.3C2H6/c1-13-6-9-17-18-5-3-4-14(2)21(18)22(19(17)10-13)23(27)26-12-15-7-8-16(24)11-20(15)25;1-2-3;3*1-2/h3-5,7-8,11,13,17,19,22H,6,9-10,12H2,1-2H3,(H,26,27);2H,1H3;3*1-2H3. The fraction of sp³-hybridized carbons (Fsp3) is 0.548. The summed E-state index contributed by atoms with van der Waals surface area (Å²) in [5.41, 5.74) is 4.79. The van der Waals surface area contributed by atoms with E-state index in [0.29, 0.717) is 34.3 Å². The highest BCUT2D eigenvalue weighted by molar-refractivity contribution is 6.35. The predicted molar refractivity (Wildman–Crippen MR) is 157 cm³/mol. The van der Waals surface area contributed by atoms with Gasteiger partial charge < -0.3 is 10.1 Å². The Bertz CT molecular complexity index is 929. The van der Waals surface area contributed by atoms with Crippen molar-refractivity contribution in [3.63, 3.8) is 0 Å². The predicted octanol–water partition coefficient (Wildman–Crippen LogP) is 9.52. The first kappa shape index (κ1) is 34.2. The van der Waals surface area contributed by atoms with E-state index in [-0.39, 0.29) is 11.8 Å². The number of carbonyl (C=O) groups is 2. The molecule has 3 nitrogen and oxygen atoms in total. The summed E-state index contributed by atoms with van der Waals surface area (Å²) in [6.07, 6.45) is 4.32. The summed E-state index contributed by atoms with van der Waals surface area (Å²) in [5, 5.41) is 4.35. The quantitative estimate of drug-likeness (QED) is 0.397. The van der Waals surface area contributed by atoms with E-state index in [1.165, 1.54) is 36.5 Å². The Kier molecular flexibility index (Phi) is 17.5. The second kappa shape index (κ2) is 18.4. The van der Waals surface area contributed by atoms with Gasteiger partial charge in [-0.1, -0.05) is 102 Å². The van der Waals surface area contributed by atoms with E-state index in [9.17, 15) is 4.79 Å². The molecule has 36 heavy (non-hydrogen) atoms. The lowest BCUT2D eigenvalue weighted by Gasteiger charge is -2.33. The van der Waals surface area contributed by atoms with Crippen LogP contribution in [0.25, 0.3) is 0 Å². The Morgan fingerprint density at radius 2 is 1.64 bits per heavy atom. The molecule has 1 fully saturated rings. The minimum atomic E-state index is -0.0555. The molecule has 2 aromatic rings. The summed E-state index contributed by atoms with van der Waals surface area (Å²) in [5.74, 6) is 1.68. The lowest BCUT2D eigenvalue weighted by molar-refractivity contribution is -0.124. The van der Waals surface area contributed by atoms with Gasteiger partial charge in [-0.3, -0.25) is 4.79 Å². The van der Waals surface area contributed by atoms with Gasteiger partial charge in [0.1, 0.15) is 6.29 Å². The smallest absolute Gasteiger partial charge is 0.228 e. The zero-order valence-electron chi connectivity index (χ0n) is 23.8. The molecule has 1 N–H and O–H groups in total. The van der Waals surface area contributed by atoms with Crippen molar-refractivity contribution < 1.29 is 9.59 Å². The molecule has 2 aliphatic rings.